The quantitative estimate of drug-likeness (QED) is 0.0970. The number of aliphatic hydroxyl groups excluding tert-OH is 1. The molecule has 0 saturated heterocycles. The van der Waals surface area contributed by atoms with Crippen LogP contribution in [0.4, 0.5) is 0 Å². The average Bonchev–Trinajstić information content (AvgIpc) is 0.862. The second-order valence-electron chi connectivity index (χ2n) is 60.6. The molecule has 1 aliphatic carbocycles. The van der Waals surface area contributed by atoms with Gasteiger partial charge in [-0.2, -0.15) is 23.5 Å². The summed E-state index contributed by atoms with van der Waals surface area (Å²) in [7, 11) is 0. The van der Waals surface area contributed by atoms with E-state index in [1.165, 1.54) is 113 Å². The van der Waals surface area contributed by atoms with Crippen molar-refractivity contribution < 1.29 is 29.3 Å². The molecule has 146 heavy (non-hydrogen) atoms. The molecule has 0 aromatic heterocycles. The van der Waals surface area contributed by atoms with Gasteiger partial charge in [-0.05, 0) is 228 Å². The average molecular weight is 2120 g/mol. The van der Waals surface area contributed by atoms with Crippen molar-refractivity contribution in [2.24, 2.45) is 121 Å². The van der Waals surface area contributed by atoms with Crippen molar-refractivity contribution in [3.8, 4) is 5.75 Å². The van der Waals surface area contributed by atoms with E-state index in [1.807, 2.05) is 124 Å². The fraction of sp³-hybridized carbons (Fsp3) is 0.874. The molecule has 2 amide bonds. The predicted molar refractivity (Wildman–Crippen MR) is 696 cm³/mol. The van der Waals surface area contributed by atoms with Crippen LogP contribution in [-0.2, 0) is 31.0 Å². The Hall–Kier alpha value is -2.99. The molecule has 0 radical (unpaired) electrons. The minimum Gasteiger partial charge on any atom is -0.508 e. The number of amides is 2. The first-order chi connectivity index (χ1) is 60.8. The number of hydrogen-bond acceptors (Lipinski definition) is 9. The molecule has 11 heteroatoms. The Labute approximate surface area is 940 Å². The number of carbonyl (C=O) groups excluding carboxylic acids is 3. The second-order valence-corrected chi connectivity index (χ2v) is 62.8. The molecule has 1 aliphatic rings. The van der Waals surface area contributed by atoms with Crippen LogP contribution in [0.2, 0.25) is 0 Å². The number of carbonyl (C=O) groups is 3. The number of unbranched alkanes of at least 4 members (excludes halogenated alkanes) is 1. The molecule has 0 aliphatic heterocycles. The summed E-state index contributed by atoms with van der Waals surface area (Å²) in [5.41, 5.74) is 19.3. The van der Waals surface area contributed by atoms with Gasteiger partial charge in [0.05, 0.1) is 18.6 Å². The number of para-hydroxylation sites is 1. The molecule has 3 rings (SSSR count). The summed E-state index contributed by atoms with van der Waals surface area (Å²) in [6.07, 6.45) is 23.8. The minimum absolute atomic E-state index is 0. The highest BCUT2D eigenvalue weighted by Crippen LogP contribution is 2.39. The normalized spacial score (nSPS) is 12.4. The van der Waals surface area contributed by atoms with Gasteiger partial charge in [0.15, 0.2) is 0 Å². The zero-order valence-electron chi connectivity index (χ0n) is 108. The number of phenolic OH excluding ortho intramolecular Hbond substituents is 1. The Bertz CT molecular complexity index is 2970. The fourth-order valence-electron chi connectivity index (χ4n) is 9.29. The Morgan fingerprint density at radius 3 is 0.925 bits per heavy atom. The first-order valence-electron chi connectivity index (χ1n) is 54.5. The van der Waals surface area contributed by atoms with Crippen LogP contribution in [0.1, 0.15) is 616 Å². The van der Waals surface area contributed by atoms with Crippen LogP contribution in [0.3, 0.4) is 0 Å². The van der Waals surface area contributed by atoms with Gasteiger partial charge in [0.25, 0.3) is 0 Å². The summed E-state index contributed by atoms with van der Waals surface area (Å²) < 4.78 is 4.99. The van der Waals surface area contributed by atoms with Crippen LogP contribution in [0.5, 0.6) is 5.75 Å². The smallest absolute Gasteiger partial charge is 0.306 e. The van der Waals surface area contributed by atoms with E-state index in [-0.39, 0.29) is 109 Å². The lowest BCUT2D eigenvalue weighted by molar-refractivity contribution is -0.149. The van der Waals surface area contributed by atoms with Gasteiger partial charge in [-0.3, -0.25) is 14.4 Å². The Morgan fingerprint density at radius 2 is 0.795 bits per heavy atom. The highest BCUT2D eigenvalue weighted by Gasteiger charge is 2.28. The van der Waals surface area contributed by atoms with E-state index in [4.69, 9.17) is 21.3 Å². The number of allylic oxidation sites excluding steroid dienone is 1. The largest absolute Gasteiger partial charge is 0.508 e. The number of primary amides is 1. The zero-order chi connectivity index (χ0) is 115. The number of aliphatic hydroxyl groups is 1. The van der Waals surface area contributed by atoms with E-state index in [1.54, 1.807) is 13.0 Å². The summed E-state index contributed by atoms with van der Waals surface area (Å²) in [4.78, 5) is 31.7. The Morgan fingerprint density at radius 1 is 0.459 bits per heavy atom. The van der Waals surface area contributed by atoms with Crippen molar-refractivity contribution in [3.05, 3.63) is 78.4 Å². The molecule has 898 valence electrons. The number of phenols is 1. The van der Waals surface area contributed by atoms with Gasteiger partial charge >= 0.3 is 5.97 Å². The standard InChI is InChI=1S/C11H16O.C10H20.C10H14.C9H18O2.3C8H18.C7H15NO.2C7H16S.2C7H16.C6H13NO.C6H14O.C6H14.C6H12.C5H13N.7CH4/c1-11(2,3)8-9-6-4-5-7-10(9)12;2*1-10(2,3)9-7-5-4-6-8-9;1-7(2)11-8(10)6-9(3,4)5;1-7(2)6-8(3,4)5;1-7(2,3)8(4,5)6;1-5-6-7-8(2,3)4;1-6(9)8-5-7(2,3)4;1-7(2,3)5-6-8-4;1-5-8-6-7(2,3)4;1-6(2)7(3,4)5;1-5-6-7(2,3)4;1-6(2,3)4-5(7)8;1-5(7)6(2,3)4;2*1-5-6(2,3)4;1-5(2,3)4-6;;;;;;;/h4-7,12H,8H2,1-3H3;9H,4-8H2,1-3H3;4-8H,1-3H3;7H,6H2,1-5H3;7H,6H2,1-5H3;1-6H3;5-7H2,1-4H3;5H2,1-4H3,(H,8,9);2*5-6H2,1-4H3;6H,1-5H3;5-6H2,1-4H3;4H2,1-3H3,(H2,7,8);5,7H,1-4H3;5H2,1-4H3;5H,1H2,2-4H3;4,6H2,1-3H3;7*1H4. The maximum absolute atomic E-state index is 11.0. The van der Waals surface area contributed by atoms with Crippen molar-refractivity contribution in [3.63, 3.8) is 0 Å². The molecule has 1 fully saturated rings. The van der Waals surface area contributed by atoms with Gasteiger partial charge in [-0.1, -0.05) is 581 Å². The molecule has 1 unspecified atom stereocenters. The highest BCUT2D eigenvalue weighted by molar-refractivity contribution is 7.99. The molecule has 7 N–H and O–H groups in total. The van der Waals surface area contributed by atoms with Crippen LogP contribution in [0, 0.1) is 110 Å². The monoisotopic (exact) mass is 2120 g/mol. The van der Waals surface area contributed by atoms with Crippen LogP contribution >= 0.6 is 23.5 Å². The molecule has 0 spiro atoms. The van der Waals surface area contributed by atoms with Crippen molar-refractivity contribution in [1.29, 1.82) is 0 Å². The van der Waals surface area contributed by atoms with E-state index in [0.717, 1.165) is 42.8 Å². The maximum atomic E-state index is 11.0. The van der Waals surface area contributed by atoms with E-state index >= 15 is 0 Å². The Balaban J connectivity index is -0.0000000599. The predicted octanol–water partition coefficient (Wildman–Crippen LogP) is 46.0. The summed E-state index contributed by atoms with van der Waals surface area (Å²) in [6, 6.07) is 18.1. The summed E-state index contributed by atoms with van der Waals surface area (Å²) in [5, 5.41) is 21.1. The van der Waals surface area contributed by atoms with Gasteiger partial charge in [-0.25, -0.2) is 0 Å². The van der Waals surface area contributed by atoms with Crippen molar-refractivity contribution >= 4 is 41.3 Å². The number of ether oxygens (including phenoxy) is 1. The third kappa shape index (κ3) is 209. The fourth-order valence-corrected chi connectivity index (χ4v) is 10.9. The SMILES string of the molecule is C.C.C.C.C.C.C.C=CC(C)(C)C.CC(=O)NCC(C)(C)C.CC(C)(C)C(C)(C)C.CC(C)(C)C1CCCCC1.CC(C)(C)CC(N)=O.CC(C)(C)CN.CC(C)(C)Cc1ccccc1O.CC(C)(C)c1ccccc1.CC(C)C(C)(C)C.CC(C)CC(C)(C)C.CC(C)OC(=O)CC(C)(C)C.CC(O)C(C)(C)C.CCC(C)(C)C.CCCC(C)(C)C.CCCCC(C)(C)C.CCSCC(C)(C)C.CSCCC(C)(C)C. The third-order valence-corrected chi connectivity index (χ3v) is 23.5. The van der Waals surface area contributed by atoms with Gasteiger partial charge < -0.3 is 31.7 Å². The highest BCUT2D eigenvalue weighted by atomic mass is 32.2. The molecule has 1 saturated carbocycles. The van der Waals surface area contributed by atoms with E-state index in [9.17, 15) is 19.5 Å². The Kier molecular flexibility index (Phi) is 125. The first kappa shape index (κ1) is 194. The van der Waals surface area contributed by atoms with Gasteiger partial charge in [0.1, 0.15) is 5.75 Å². The lowest BCUT2D eigenvalue weighted by Crippen LogP contribution is -2.30. The van der Waals surface area contributed by atoms with Crippen LogP contribution in [-0.4, -0.2) is 76.8 Å². The second kappa shape index (κ2) is 94.3. The van der Waals surface area contributed by atoms with E-state index in [0.29, 0.717) is 89.0 Å². The molecule has 0 bridgehead atoms. The van der Waals surface area contributed by atoms with Gasteiger partial charge in [0.2, 0.25) is 11.8 Å². The molecule has 9 nitrogen and oxygen atoms in total. The van der Waals surface area contributed by atoms with Crippen molar-refractivity contribution in [2.45, 2.75) is 629 Å². The number of esters is 1. The number of rotatable bonds is 13. The third-order valence-electron chi connectivity index (χ3n) is 21.4. The summed E-state index contributed by atoms with van der Waals surface area (Å²) in [6.45, 7) is 149. The molecule has 2 aromatic rings. The topological polar surface area (TPSA) is 165 Å². The van der Waals surface area contributed by atoms with E-state index in [2.05, 4.69) is 415 Å². The number of hydrogen-bond donors (Lipinski definition) is 5. The van der Waals surface area contributed by atoms with Crippen LogP contribution in [0.15, 0.2) is 67.3 Å². The van der Waals surface area contributed by atoms with Gasteiger partial charge in [0, 0.05) is 19.9 Å². The van der Waals surface area contributed by atoms with Crippen molar-refractivity contribution in [2.75, 3.05) is 36.6 Å². The number of benzene rings is 2. The molecular weight excluding hydrogens is 1820 g/mol. The molecule has 0 heterocycles. The molecule has 2 aromatic carbocycles. The molecule has 1 atom stereocenters. The van der Waals surface area contributed by atoms with Gasteiger partial charge in [-0.15, -0.1) is 6.58 Å². The van der Waals surface area contributed by atoms with Crippen LogP contribution in [0.25, 0.3) is 0 Å². The zero-order valence-corrected chi connectivity index (χ0v) is 110. The van der Waals surface area contributed by atoms with Crippen molar-refractivity contribution in [1.82, 2.24) is 5.32 Å². The first-order valence-corrected chi connectivity index (χ1v) is 57.0. The number of thioether (sulfide) groups is 2. The number of nitrogens with one attached hydrogen (secondary N) is 1. The van der Waals surface area contributed by atoms with E-state index < -0.39 is 0 Å². The minimum atomic E-state index is -0.225. The number of aromatic hydroxyl groups is 1. The lowest BCUT2D eigenvalue weighted by atomic mass is 9.71. The molecular formula is C135H295N3O6S2. The number of nitrogens with two attached hydrogens (primary N) is 2. The summed E-state index contributed by atoms with van der Waals surface area (Å²) >= 11 is 3.94. The lowest BCUT2D eigenvalue weighted by Gasteiger charge is -2.34. The summed E-state index contributed by atoms with van der Waals surface area (Å²) in [5.74, 6) is 6.59. The maximum Gasteiger partial charge on any atom is 0.306 e. The van der Waals surface area contributed by atoms with Crippen LogP contribution < -0.4 is 16.8 Å².